The number of aromatic amines is 1. The summed E-state index contributed by atoms with van der Waals surface area (Å²) < 4.78 is 5.51. The summed E-state index contributed by atoms with van der Waals surface area (Å²) in [5, 5.41) is 20.1. The molecule has 1 aromatic heterocycles. The van der Waals surface area contributed by atoms with E-state index in [0.717, 1.165) is 29.3 Å². The zero-order valence-corrected chi connectivity index (χ0v) is 17.6. The summed E-state index contributed by atoms with van der Waals surface area (Å²) in [6.07, 6.45) is 4.61. The number of H-pyrrole nitrogens is 1. The Morgan fingerprint density at radius 1 is 1.32 bits per heavy atom. The van der Waals surface area contributed by atoms with E-state index in [4.69, 9.17) is 16.3 Å². The van der Waals surface area contributed by atoms with Crippen molar-refractivity contribution in [3.8, 4) is 0 Å². The van der Waals surface area contributed by atoms with Gasteiger partial charge in [0.15, 0.2) is 0 Å². The number of halogens is 1. The molecule has 7 heteroatoms. The van der Waals surface area contributed by atoms with Crippen LogP contribution in [0.4, 0.5) is 4.79 Å². The maximum absolute atomic E-state index is 12.4. The normalized spacial score (nSPS) is 29.9. The van der Waals surface area contributed by atoms with Crippen molar-refractivity contribution in [3.05, 3.63) is 28.9 Å². The lowest BCUT2D eigenvalue weighted by Crippen LogP contribution is -2.40. The highest BCUT2D eigenvalue weighted by molar-refractivity contribution is 6.31. The molecule has 1 heterocycles. The van der Waals surface area contributed by atoms with Crippen molar-refractivity contribution in [2.75, 3.05) is 7.05 Å². The van der Waals surface area contributed by atoms with Crippen molar-refractivity contribution in [2.45, 2.75) is 63.7 Å². The van der Waals surface area contributed by atoms with Crippen LogP contribution in [0, 0.1) is 11.8 Å². The van der Waals surface area contributed by atoms with Crippen molar-refractivity contribution in [3.63, 3.8) is 0 Å². The first-order chi connectivity index (χ1) is 13.1. The van der Waals surface area contributed by atoms with Gasteiger partial charge in [0.1, 0.15) is 5.60 Å². The molecule has 2 fully saturated rings. The second kappa shape index (κ2) is 6.63. The predicted molar refractivity (Wildman–Crippen MR) is 108 cm³/mol. The molecule has 0 saturated heterocycles. The van der Waals surface area contributed by atoms with Gasteiger partial charge in [0.05, 0.1) is 17.3 Å². The predicted octanol–water partition coefficient (Wildman–Crippen LogP) is 4.46. The average molecular weight is 406 g/mol. The number of nitrogens with one attached hydrogen (secondary N) is 1. The molecule has 0 bridgehead atoms. The maximum Gasteiger partial charge on any atom is 0.410 e. The van der Waals surface area contributed by atoms with Gasteiger partial charge in [-0.1, -0.05) is 11.6 Å². The Balaban J connectivity index is 1.49. The van der Waals surface area contributed by atoms with E-state index in [-0.39, 0.29) is 12.1 Å². The molecular weight excluding hydrogens is 378 g/mol. The summed E-state index contributed by atoms with van der Waals surface area (Å²) in [5.74, 6) is 0.752. The van der Waals surface area contributed by atoms with E-state index < -0.39 is 11.2 Å². The molecule has 4 atom stereocenters. The number of amides is 1. The summed E-state index contributed by atoms with van der Waals surface area (Å²) in [5.41, 5.74) is 0.297. The molecule has 2 aliphatic rings. The average Bonchev–Trinajstić information content (AvgIpc) is 3.24. The smallest absolute Gasteiger partial charge is 0.410 e. The number of fused-ring (bicyclic) bond motifs is 2. The van der Waals surface area contributed by atoms with Gasteiger partial charge in [-0.3, -0.25) is 5.10 Å². The monoisotopic (exact) mass is 405 g/mol. The minimum atomic E-state index is -0.905. The molecule has 2 aromatic rings. The van der Waals surface area contributed by atoms with E-state index in [9.17, 15) is 9.90 Å². The fraction of sp³-hybridized carbons (Fsp3) is 0.619. The summed E-state index contributed by atoms with van der Waals surface area (Å²) in [4.78, 5) is 14.1. The Morgan fingerprint density at radius 2 is 1.96 bits per heavy atom. The first-order valence-electron chi connectivity index (χ1n) is 9.87. The Morgan fingerprint density at radius 3 is 2.57 bits per heavy atom. The lowest BCUT2D eigenvalue weighted by atomic mass is 9.87. The van der Waals surface area contributed by atoms with Gasteiger partial charge < -0.3 is 14.7 Å². The molecule has 0 aliphatic heterocycles. The largest absolute Gasteiger partial charge is 0.444 e. The van der Waals surface area contributed by atoms with Crippen LogP contribution in [-0.2, 0) is 10.3 Å². The van der Waals surface area contributed by atoms with Gasteiger partial charge in [-0.15, -0.1) is 0 Å². The van der Waals surface area contributed by atoms with Crippen molar-refractivity contribution in [1.29, 1.82) is 0 Å². The second-order valence-electron chi connectivity index (χ2n) is 9.46. The number of hydrogen-bond acceptors (Lipinski definition) is 4. The van der Waals surface area contributed by atoms with E-state index in [1.54, 1.807) is 11.1 Å². The molecule has 28 heavy (non-hydrogen) atoms. The standard InChI is InChI=1S/C21H28ClN3O3/c1-20(2,3)28-19(26)25(4)15-5-12-9-21(27,10-13(12)6-15)17-7-14(22)8-18-16(17)11-23-24-18/h7-8,11-13,15,27H,5-6,9-10H2,1-4H3,(H,23,24)/t12-,13+,15+,21+. The van der Waals surface area contributed by atoms with Crippen LogP contribution >= 0.6 is 11.6 Å². The topological polar surface area (TPSA) is 78.5 Å². The summed E-state index contributed by atoms with van der Waals surface area (Å²) in [6.45, 7) is 5.64. The van der Waals surface area contributed by atoms with E-state index >= 15 is 0 Å². The van der Waals surface area contributed by atoms with Crippen LogP contribution in [0.2, 0.25) is 5.02 Å². The second-order valence-corrected chi connectivity index (χ2v) is 9.90. The van der Waals surface area contributed by atoms with Crippen LogP contribution in [0.15, 0.2) is 18.3 Å². The number of ether oxygens (including phenoxy) is 1. The Bertz CT molecular complexity index is 890. The van der Waals surface area contributed by atoms with Crippen LogP contribution in [0.5, 0.6) is 0 Å². The lowest BCUT2D eigenvalue weighted by molar-refractivity contribution is 0.0170. The zero-order chi connectivity index (χ0) is 20.3. The Hall–Kier alpha value is -1.79. The number of benzene rings is 1. The van der Waals surface area contributed by atoms with E-state index in [1.165, 1.54) is 0 Å². The van der Waals surface area contributed by atoms with E-state index in [0.29, 0.717) is 29.7 Å². The van der Waals surface area contributed by atoms with E-state index in [1.807, 2.05) is 40.0 Å². The van der Waals surface area contributed by atoms with Gasteiger partial charge in [-0.2, -0.15) is 5.10 Å². The highest BCUT2D eigenvalue weighted by Gasteiger charge is 2.51. The van der Waals surface area contributed by atoms with Crippen LogP contribution in [-0.4, -0.2) is 45.0 Å². The molecule has 0 unspecified atom stereocenters. The third-order valence-electron chi connectivity index (χ3n) is 6.27. The molecule has 0 radical (unpaired) electrons. The molecule has 2 N–H and O–H groups in total. The molecule has 0 spiro atoms. The van der Waals surface area contributed by atoms with Gasteiger partial charge in [0, 0.05) is 23.5 Å². The molecular formula is C21H28ClN3O3. The third-order valence-corrected chi connectivity index (χ3v) is 6.49. The molecule has 2 saturated carbocycles. The number of hydrogen-bond donors (Lipinski definition) is 2. The Labute approximate surface area is 170 Å². The summed E-state index contributed by atoms with van der Waals surface area (Å²) in [7, 11) is 1.82. The van der Waals surface area contributed by atoms with Crippen LogP contribution in [0.1, 0.15) is 52.0 Å². The molecule has 1 aromatic carbocycles. The van der Waals surface area contributed by atoms with Gasteiger partial charge >= 0.3 is 6.09 Å². The van der Waals surface area contributed by atoms with E-state index in [2.05, 4.69) is 10.2 Å². The molecule has 1 amide bonds. The third kappa shape index (κ3) is 3.48. The fourth-order valence-corrected chi connectivity index (χ4v) is 5.27. The molecule has 152 valence electrons. The SMILES string of the molecule is CN(C(=O)OC(C)(C)C)[C@H]1C[C@@H]2C[C@@](O)(c3cc(Cl)cc4[nH]ncc34)C[C@@H]2C1. The number of rotatable bonds is 2. The van der Waals surface area contributed by atoms with Crippen LogP contribution < -0.4 is 0 Å². The van der Waals surface area contributed by atoms with Crippen molar-refractivity contribution in [2.24, 2.45) is 11.8 Å². The van der Waals surface area contributed by atoms with Gasteiger partial charge in [-0.05, 0) is 76.0 Å². The number of carbonyl (C=O) groups is 1. The molecule has 4 rings (SSSR count). The summed E-state index contributed by atoms with van der Waals surface area (Å²) >= 11 is 6.28. The zero-order valence-electron chi connectivity index (χ0n) is 16.8. The quantitative estimate of drug-likeness (QED) is 0.773. The van der Waals surface area contributed by atoms with Crippen molar-refractivity contribution >= 4 is 28.6 Å². The van der Waals surface area contributed by atoms with Gasteiger partial charge in [0.2, 0.25) is 0 Å². The summed E-state index contributed by atoms with van der Waals surface area (Å²) in [6, 6.07) is 3.85. The first-order valence-corrected chi connectivity index (χ1v) is 10.2. The highest BCUT2D eigenvalue weighted by Crippen LogP contribution is 2.54. The van der Waals surface area contributed by atoms with Crippen LogP contribution in [0.3, 0.4) is 0 Å². The minimum Gasteiger partial charge on any atom is -0.444 e. The lowest BCUT2D eigenvalue weighted by Gasteiger charge is -2.30. The van der Waals surface area contributed by atoms with Gasteiger partial charge in [0.25, 0.3) is 0 Å². The highest BCUT2D eigenvalue weighted by atomic mass is 35.5. The number of nitrogens with zero attached hydrogens (tertiary/aromatic N) is 2. The maximum atomic E-state index is 12.4. The van der Waals surface area contributed by atoms with Crippen LogP contribution in [0.25, 0.3) is 10.9 Å². The number of aromatic nitrogens is 2. The molecule has 6 nitrogen and oxygen atoms in total. The van der Waals surface area contributed by atoms with Gasteiger partial charge in [-0.25, -0.2) is 4.79 Å². The van der Waals surface area contributed by atoms with Crippen molar-refractivity contribution in [1.82, 2.24) is 15.1 Å². The van der Waals surface area contributed by atoms with Crippen molar-refractivity contribution < 1.29 is 14.6 Å². The minimum absolute atomic E-state index is 0.155. The fourth-order valence-electron chi connectivity index (χ4n) is 5.05. The number of carbonyl (C=O) groups excluding carboxylic acids is 1. The number of aliphatic hydroxyl groups is 1. The first kappa shape index (κ1) is 19.5. The Kier molecular flexibility index (Phi) is 4.62. The molecule has 2 aliphatic carbocycles.